The van der Waals surface area contributed by atoms with Crippen molar-refractivity contribution < 1.29 is 4.79 Å². The maximum atomic E-state index is 12.1. The van der Waals surface area contributed by atoms with Crippen LogP contribution in [0, 0.1) is 13.8 Å². The zero-order valence-corrected chi connectivity index (χ0v) is 14.1. The first kappa shape index (κ1) is 15.3. The van der Waals surface area contributed by atoms with Crippen molar-refractivity contribution in [2.45, 2.75) is 58.9 Å². The Kier molecular flexibility index (Phi) is 4.62. The molecule has 0 unspecified atom stereocenters. The molecule has 1 aliphatic carbocycles. The van der Waals surface area contributed by atoms with E-state index in [2.05, 4.69) is 20.9 Å². The number of carbonyl (C=O) groups is 1. The van der Waals surface area contributed by atoms with Gasteiger partial charge in [0.1, 0.15) is 0 Å². The molecule has 22 heavy (non-hydrogen) atoms. The first-order valence-corrected chi connectivity index (χ1v) is 8.88. The number of amides is 1. The van der Waals surface area contributed by atoms with Crippen molar-refractivity contribution in [2.75, 3.05) is 0 Å². The molecule has 0 bridgehead atoms. The molecular weight excluding hydrogens is 294 g/mol. The van der Waals surface area contributed by atoms with Crippen molar-refractivity contribution in [1.29, 1.82) is 0 Å². The van der Waals surface area contributed by atoms with Crippen molar-refractivity contribution in [3.63, 3.8) is 0 Å². The second-order valence-corrected chi connectivity index (χ2v) is 7.03. The Morgan fingerprint density at radius 2 is 2.18 bits per heavy atom. The highest BCUT2D eigenvalue weighted by molar-refractivity contribution is 7.10. The van der Waals surface area contributed by atoms with E-state index >= 15 is 0 Å². The molecule has 0 radical (unpaired) electrons. The summed E-state index contributed by atoms with van der Waals surface area (Å²) >= 11 is 1.85. The van der Waals surface area contributed by atoms with Crippen molar-refractivity contribution >= 4 is 17.2 Å². The molecule has 2 heterocycles. The van der Waals surface area contributed by atoms with Gasteiger partial charge in [0, 0.05) is 30.0 Å². The molecule has 4 nitrogen and oxygen atoms in total. The lowest BCUT2D eigenvalue weighted by Gasteiger charge is -2.13. The Morgan fingerprint density at radius 3 is 2.95 bits per heavy atom. The molecule has 0 saturated heterocycles. The maximum Gasteiger partial charge on any atom is 0.220 e. The summed E-state index contributed by atoms with van der Waals surface area (Å²) in [7, 11) is 0. The van der Waals surface area contributed by atoms with E-state index in [9.17, 15) is 4.79 Å². The zero-order chi connectivity index (χ0) is 15.5. The van der Waals surface area contributed by atoms with Gasteiger partial charge in [0.2, 0.25) is 5.91 Å². The van der Waals surface area contributed by atoms with Crippen LogP contribution in [-0.2, 0) is 30.6 Å². The Hall–Kier alpha value is -1.62. The van der Waals surface area contributed by atoms with Crippen LogP contribution in [-0.4, -0.2) is 16.1 Å². The Labute approximate surface area is 135 Å². The Bertz CT molecular complexity index is 671. The fourth-order valence-electron chi connectivity index (χ4n) is 3.00. The van der Waals surface area contributed by atoms with E-state index < -0.39 is 0 Å². The SMILES string of the molecule is Cc1[nH]nc(CCC(=O)NCc2csc3c2CCCC3)c1C. The molecule has 3 rings (SSSR count). The predicted molar refractivity (Wildman–Crippen MR) is 89.2 cm³/mol. The molecule has 1 amide bonds. The van der Waals surface area contributed by atoms with Gasteiger partial charge in [-0.3, -0.25) is 9.89 Å². The van der Waals surface area contributed by atoms with Gasteiger partial charge >= 0.3 is 0 Å². The van der Waals surface area contributed by atoms with Crippen LogP contribution in [0.4, 0.5) is 0 Å². The van der Waals surface area contributed by atoms with Crippen LogP contribution in [0.5, 0.6) is 0 Å². The fraction of sp³-hybridized carbons (Fsp3) is 0.529. The van der Waals surface area contributed by atoms with Crippen LogP contribution >= 0.6 is 11.3 Å². The average Bonchev–Trinajstić information content (AvgIpc) is 3.08. The maximum absolute atomic E-state index is 12.1. The third-order valence-corrected chi connectivity index (χ3v) is 5.70. The lowest BCUT2D eigenvalue weighted by atomic mass is 9.96. The van der Waals surface area contributed by atoms with Crippen LogP contribution in [0.1, 0.15) is 52.2 Å². The third kappa shape index (κ3) is 3.24. The number of rotatable bonds is 5. The monoisotopic (exact) mass is 317 g/mol. The second kappa shape index (κ2) is 6.65. The zero-order valence-electron chi connectivity index (χ0n) is 13.3. The number of carbonyl (C=O) groups excluding carboxylic acids is 1. The first-order chi connectivity index (χ1) is 10.6. The number of thiophene rings is 1. The van der Waals surface area contributed by atoms with E-state index in [4.69, 9.17) is 0 Å². The lowest BCUT2D eigenvalue weighted by molar-refractivity contribution is -0.121. The summed E-state index contributed by atoms with van der Waals surface area (Å²) in [5.41, 5.74) is 6.07. The molecule has 0 fully saturated rings. The van der Waals surface area contributed by atoms with Gasteiger partial charge < -0.3 is 5.32 Å². The summed E-state index contributed by atoms with van der Waals surface area (Å²) in [6.07, 6.45) is 6.17. The van der Waals surface area contributed by atoms with E-state index in [1.807, 2.05) is 25.2 Å². The highest BCUT2D eigenvalue weighted by Gasteiger charge is 2.16. The summed E-state index contributed by atoms with van der Waals surface area (Å²) < 4.78 is 0. The van der Waals surface area contributed by atoms with E-state index in [0.29, 0.717) is 19.4 Å². The van der Waals surface area contributed by atoms with Crippen molar-refractivity contribution in [2.24, 2.45) is 0 Å². The highest BCUT2D eigenvalue weighted by atomic mass is 32.1. The molecule has 2 aromatic rings. The molecule has 5 heteroatoms. The summed E-state index contributed by atoms with van der Waals surface area (Å²) in [5.74, 6) is 0.107. The smallest absolute Gasteiger partial charge is 0.220 e. The average molecular weight is 317 g/mol. The summed E-state index contributed by atoms with van der Waals surface area (Å²) in [6.45, 7) is 4.72. The molecule has 1 aliphatic rings. The number of nitrogens with zero attached hydrogens (tertiary/aromatic N) is 1. The van der Waals surface area contributed by atoms with Crippen LogP contribution in [0.25, 0.3) is 0 Å². The van der Waals surface area contributed by atoms with Gasteiger partial charge in [-0.1, -0.05) is 0 Å². The lowest BCUT2D eigenvalue weighted by Crippen LogP contribution is -2.23. The van der Waals surface area contributed by atoms with Crippen molar-refractivity contribution in [3.05, 3.63) is 38.3 Å². The number of nitrogens with one attached hydrogen (secondary N) is 2. The van der Waals surface area contributed by atoms with Gasteiger partial charge in [0.15, 0.2) is 0 Å². The number of hydrogen-bond donors (Lipinski definition) is 2. The summed E-state index contributed by atoms with van der Waals surface area (Å²) in [6, 6.07) is 0. The van der Waals surface area contributed by atoms with E-state index in [1.54, 1.807) is 0 Å². The predicted octanol–water partition coefficient (Wildman–Crippen LogP) is 3.22. The van der Waals surface area contributed by atoms with Gasteiger partial charge in [-0.25, -0.2) is 0 Å². The highest BCUT2D eigenvalue weighted by Crippen LogP contribution is 2.30. The minimum atomic E-state index is 0.107. The van der Waals surface area contributed by atoms with Crippen LogP contribution in [0.3, 0.4) is 0 Å². The topological polar surface area (TPSA) is 57.8 Å². The van der Waals surface area contributed by atoms with E-state index in [-0.39, 0.29) is 5.91 Å². The molecule has 118 valence electrons. The molecule has 0 aliphatic heterocycles. The van der Waals surface area contributed by atoms with Crippen molar-refractivity contribution in [3.8, 4) is 0 Å². The number of fused-ring (bicyclic) bond motifs is 1. The standard InChI is InChI=1S/C17H23N3OS/c1-11-12(2)19-20-15(11)7-8-17(21)18-9-13-10-22-16-6-4-3-5-14(13)16/h10H,3-9H2,1-2H3,(H,18,21)(H,19,20). The minimum absolute atomic E-state index is 0.107. The van der Waals surface area contributed by atoms with Gasteiger partial charge in [-0.05, 0) is 61.6 Å². The largest absolute Gasteiger partial charge is 0.352 e. The van der Waals surface area contributed by atoms with Gasteiger partial charge in [0.05, 0.1) is 5.69 Å². The fourth-order valence-corrected chi connectivity index (χ4v) is 4.15. The van der Waals surface area contributed by atoms with Crippen LogP contribution in [0.2, 0.25) is 0 Å². The molecule has 2 aromatic heterocycles. The van der Waals surface area contributed by atoms with Gasteiger partial charge in [0.25, 0.3) is 0 Å². The minimum Gasteiger partial charge on any atom is -0.352 e. The molecular formula is C17H23N3OS. The number of H-pyrrole nitrogens is 1. The number of aromatic amines is 1. The number of aryl methyl sites for hydroxylation is 3. The van der Waals surface area contributed by atoms with Crippen LogP contribution in [0.15, 0.2) is 5.38 Å². The molecule has 0 atom stereocenters. The summed E-state index contributed by atoms with van der Waals surface area (Å²) in [4.78, 5) is 13.6. The Balaban J connectivity index is 1.50. The van der Waals surface area contributed by atoms with E-state index in [0.717, 1.165) is 11.4 Å². The van der Waals surface area contributed by atoms with Gasteiger partial charge in [-0.2, -0.15) is 5.10 Å². The third-order valence-electron chi connectivity index (χ3n) is 4.57. The number of aromatic nitrogens is 2. The van der Waals surface area contributed by atoms with Gasteiger partial charge in [-0.15, -0.1) is 11.3 Å². The van der Waals surface area contributed by atoms with Crippen molar-refractivity contribution in [1.82, 2.24) is 15.5 Å². The van der Waals surface area contributed by atoms with Crippen LogP contribution < -0.4 is 5.32 Å². The molecule has 0 aromatic carbocycles. The first-order valence-electron chi connectivity index (χ1n) is 8.00. The number of hydrogen-bond acceptors (Lipinski definition) is 3. The molecule has 0 saturated carbocycles. The Morgan fingerprint density at radius 1 is 1.36 bits per heavy atom. The van der Waals surface area contributed by atoms with E-state index in [1.165, 1.54) is 47.3 Å². The summed E-state index contributed by atoms with van der Waals surface area (Å²) in [5, 5.41) is 12.5. The quantitative estimate of drug-likeness (QED) is 0.889. The second-order valence-electron chi connectivity index (χ2n) is 6.07. The molecule has 0 spiro atoms. The normalized spacial score (nSPS) is 13.9. The molecule has 2 N–H and O–H groups in total.